The van der Waals surface area contributed by atoms with Crippen molar-refractivity contribution in [2.75, 3.05) is 10.2 Å². The van der Waals surface area contributed by atoms with Gasteiger partial charge in [-0.1, -0.05) is 72.3 Å². The van der Waals surface area contributed by atoms with Crippen LogP contribution >= 0.6 is 0 Å². The van der Waals surface area contributed by atoms with Crippen LogP contribution in [0.3, 0.4) is 0 Å². The number of carbonyl (C=O) groups excluding carboxylic acids is 2. The van der Waals surface area contributed by atoms with Crippen molar-refractivity contribution in [1.29, 1.82) is 0 Å². The highest BCUT2D eigenvalue weighted by molar-refractivity contribution is 6.12. The minimum atomic E-state index is -0.856. The molecule has 0 aromatic heterocycles. The number of rotatable bonds is 4. The fourth-order valence-electron chi connectivity index (χ4n) is 5.73. The van der Waals surface area contributed by atoms with Crippen molar-refractivity contribution in [3.63, 3.8) is 0 Å². The molecule has 40 heavy (non-hydrogen) atoms. The fourth-order valence-corrected chi connectivity index (χ4v) is 5.73. The van der Waals surface area contributed by atoms with Crippen molar-refractivity contribution < 1.29 is 14.5 Å². The van der Waals surface area contributed by atoms with Crippen molar-refractivity contribution in [2.45, 2.75) is 31.7 Å². The maximum absolute atomic E-state index is 14.2. The van der Waals surface area contributed by atoms with Crippen molar-refractivity contribution in [3.05, 3.63) is 147 Å². The maximum Gasteiger partial charge on any atom is 0.269 e. The van der Waals surface area contributed by atoms with E-state index in [1.165, 1.54) is 12.1 Å². The number of nitrogens with one attached hydrogen (secondary N) is 1. The molecule has 1 heterocycles. The van der Waals surface area contributed by atoms with E-state index in [0.717, 1.165) is 16.8 Å². The van der Waals surface area contributed by atoms with Crippen LogP contribution in [0.5, 0.6) is 0 Å². The van der Waals surface area contributed by atoms with Gasteiger partial charge in [0.25, 0.3) is 11.6 Å². The molecule has 2 atom stereocenters. The second-order valence-electron chi connectivity index (χ2n) is 10.3. The number of nitro benzene ring substituents is 1. The van der Waals surface area contributed by atoms with Crippen LogP contribution in [0.1, 0.15) is 51.8 Å². The van der Waals surface area contributed by atoms with Crippen LogP contribution in [0.15, 0.2) is 114 Å². The number of hydrogen-bond donors (Lipinski definition) is 1. The van der Waals surface area contributed by atoms with E-state index in [4.69, 9.17) is 0 Å². The van der Waals surface area contributed by atoms with E-state index in [1.807, 2.05) is 49.4 Å². The van der Waals surface area contributed by atoms with E-state index in [2.05, 4.69) is 17.4 Å². The second kappa shape index (κ2) is 10.3. The Kier molecular flexibility index (Phi) is 6.48. The number of nitro groups is 1. The molecule has 2 aliphatic rings. The van der Waals surface area contributed by atoms with E-state index in [-0.39, 0.29) is 29.7 Å². The first-order valence-electron chi connectivity index (χ1n) is 13.2. The summed E-state index contributed by atoms with van der Waals surface area (Å²) in [6.45, 7) is 2.03. The van der Waals surface area contributed by atoms with Crippen molar-refractivity contribution in [3.8, 4) is 0 Å². The van der Waals surface area contributed by atoms with Gasteiger partial charge < -0.3 is 5.32 Å². The molecule has 198 valence electrons. The number of anilines is 2. The quantitative estimate of drug-likeness (QED) is 0.224. The molecule has 0 fully saturated rings. The van der Waals surface area contributed by atoms with Crippen LogP contribution in [-0.4, -0.2) is 16.6 Å². The first-order chi connectivity index (χ1) is 19.4. The van der Waals surface area contributed by atoms with Gasteiger partial charge in [0.2, 0.25) is 0 Å². The number of para-hydroxylation sites is 2. The molecule has 0 bridgehead atoms. The molecule has 7 heteroatoms. The predicted octanol–water partition coefficient (Wildman–Crippen LogP) is 7.12. The lowest BCUT2D eigenvalue weighted by Gasteiger charge is -2.35. The lowest BCUT2D eigenvalue weighted by molar-refractivity contribution is -0.384. The summed E-state index contributed by atoms with van der Waals surface area (Å²) < 4.78 is 0. The Morgan fingerprint density at radius 1 is 0.875 bits per heavy atom. The average Bonchev–Trinajstić information content (AvgIpc) is 3.12. The van der Waals surface area contributed by atoms with Crippen molar-refractivity contribution >= 4 is 28.8 Å². The molecule has 1 N–H and O–H groups in total. The number of benzene rings is 4. The molecule has 0 radical (unpaired) electrons. The largest absolute Gasteiger partial charge is 0.357 e. The van der Waals surface area contributed by atoms with Gasteiger partial charge in [-0.3, -0.25) is 24.6 Å². The third-order valence-corrected chi connectivity index (χ3v) is 7.67. The minimum Gasteiger partial charge on any atom is -0.357 e. The van der Waals surface area contributed by atoms with Crippen molar-refractivity contribution in [1.82, 2.24) is 0 Å². The first kappa shape index (κ1) is 25.2. The summed E-state index contributed by atoms with van der Waals surface area (Å²) in [6, 6.07) is 29.9. The number of non-ortho nitro benzene ring substituents is 1. The van der Waals surface area contributed by atoms with Crippen LogP contribution in [0.25, 0.3) is 0 Å². The Morgan fingerprint density at radius 2 is 1.60 bits per heavy atom. The van der Waals surface area contributed by atoms with Crippen molar-refractivity contribution in [2.24, 2.45) is 0 Å². The number of Topliss-reactive ketones (excluding diaryl/α,β-unsaturated/α-hetero) is 1. The highest BCUT2D eigenvalue weighted by atomic mass is 16.6. The zero-order valence-corrected chi connectivity index (χ0v) is 21.9. The molecular formula is C33H27N3O4. The highest BCUT2D eigenvalue weighted by Crippen LogP contribution is 2.48. The van der Waals surface area contributed by atoms with E-state index in [1.54, 1.807) is 41.3 Å². The number of ketones is 1. The molecule has 6 rings (SSSR count). The Labute approximate surface area is 231 Å². The SMILES string of the molecule is Cc1ccc([C@H]2CC(=O)C3=C(C2)Nc2ccccc2N(C(=O)c2ccccc2)[C@H]3c2cccc([N+](=O)[O-])c2)cc1. The summed E-state index contributed by atoms with van der Waals surface area (Å²) in [7, 11) is 0. The Bertz CT molecular complexity index is 1660. The molecule has 0 saturated heterocycles. The molecule has 4 aromatic rings. The number of amides is 1. The number of fused-ring (bicyclic) bond motifs is 1. The average molecular weight is 530 g/mol. The van der Waals surface area contributed by atoms with Gasteiger partial charge in [0.05, 0.1) is 22.3 Å². The van der Waals surface area contributed by atoms with Crippen LogP contribution in [-0.2, 0) is 4.79 Å². The van der Waals surface area contributed by atoms with E-state index in [9.17, 15) is 19.7 Å². The summed E-state index contributed by atoms with van der Waals surface area (Å²) in [5, 5.41) is 15.3. The standard InChI is InChI=1S/C33H27N3O4/c1-21-14-16-22(17-15-21)25-19-28-31(30(37)20-25)32(24-10-7-11-26(18-24)36(39)40)35(29-13-6-5-12-27(29)34-28)33(38)23-8-3-2-4-9-23/h2-18,25,32,34H,19-20H2,1H3/t25-,32+/m1/s1. The van der Waals surface area contributed by atoms with Crippen LogP contribution in [0, 0.1) is 17.0 Å². The van der Waals surface area contributed by atoms with Gasteiger partial charge >= 0.3 is 0 Å². The molecule has 7 nitrogen and oxygen atoms in total. The summed E-state index contributed by atoms with van der Waals surface area (Å²) in [5.41, 5.74) is 5.58. The van der Waals surface area contributed by atoms with Gasteiger partial charge in [-0.25, -0.2) is 0 Å². The van der Waals surface area contributed by atoms with Crippen LogP contribution in [0.4, 0.5) is 17.1 Å². The lowest BCUT2D eigenvalue weighted by Crippen LogP contribution is -2.38. The van der Waals surface area contributed by atoms with E-state index < -0.39 is 11.0 Å². The molecular weight excluding hydrogens is 502 g/mol. The van der Waals surface area contributed by atoms with Gasteiger partial charge in [-0.05, 0) is 54.7 Å². The Balaban J connectivity index is 1.57. The summed E-state index contributed by atoms with van der Waals surface area (Å²) in [6.07, 6.45) is 0.843. The van der Waals surface area contributed by atoms with Gasteiger partial charge in [-0.15, -0.1) is 0 Å². The molecule has 1 amide bonds. The maximum atomic E-state index is 14.2. The number of aryl methyl sites for hydroxylation is 1. The molecule has 0 unspecified atom stereocenters. The van der Waals surface area contributed by atoms with Crippen LogP contribution in [0.2, 0.25) is 0 Å². The second-order valence-corrected chi connectivity index (χ2v) is 10.3. The molecule has 4 aromatic carbocycles. The molecule has 1 aliphatic heterocycles. The monoisotopic (exact) mass is 529 g/mol. The van der Waals surface area contributed by atoms with Crippen LogP contribution < -0.4 is 10.2 Å². The Morgan fingerprint density at radius 3 is 2.35 bits per heavy atom. The van der Waals surface area contributed by atoms with Gasteiger partial charge in [-0.2, -0.15) is 0 Å². The third-order valence-electron chi connectivity index (χ3n) is 7.67. The Hall–Kier alpha value is -5.04. The van der Waals surface area contributed by atoms with Gasteiger partial charge in [0.1, 0.15) is 0 Å². The molecule has 0 spiro atoms. The smallest absolute Gasteiger partial charge is 0.269 e. The summed E-state index contributed by atoms with van der Waals surface area (Å²) in [4.78, 5) is 41.3. The predicted molar refractivity (Wildman–Crippen MR) is 154 cm³/mol. The normalized spacial score (nSPS) is 18.3. The zero-order chi connectivity index (χ0) is 27.8. The summed E-state index contributed by atoms with van der Waals surface area (Å²) >= 11 is 0. The van der Waals surface area contributed by atoms with E-state index in [0.29, 0.717) is 34.5 Å². The summed E-state index contributed by atoms with van der Waals surface area (Å²) in [5.74, 6) is -0.420. The number of nitrogens with zero attached hydrogens (tertiary/aromatic N) is 2. The number of carbonyl (C=O) groups is 2. The highest BCUT2D eigenvalue weighted by Gasteiger charge is 2.42. The topological polar surface area (TPSA) is 92.6 Å². The fraction of sp³-hybridized carbons (Fsp3) is 0.152. The number of allylic oxidation sites excluding steroid dienone is 1. The van der Waals surface area contributed by atoms with Gasteiger partial charge in [0, 0.05) is 35.4 Å². The first-order valence-corrected chi connectivity index (χ1v) is 13.2. The molecule has 0 saturated carbocycles. The van der Waals surface area contributed by atoms with Gasteiger partial charge in [0.15, 0.2) is 5.78 Å². The third kappa shape index (κ3) is 4.56. The minimum absolute atomic E-state index is 0.0337. The lowest BCUT2D eigenvalue weighted by atomic mass is 9.78. The van der Waals surface area contributed by atoms with E-state index >= 15 is 0 Å². The zero-order valence-electron chi connectivity index (χ0n) is 21.9. The molecule has 1 aliphatic carbocycles. The number of hydrogen-bond acceptors (Lipinski definition) is 5.